The maximum atomic E-state index is 13.5. The molecule has 0 bridgehead atoms. The number of hydrogen-bond acceptors (Lipinski definition) is 13. The summed E-state index contributed by atoms with van der Waals surface area (Å²) in [6, 6.07) is 8.46. The molecule has 0 spiro atoms. The van der Waals surface area contributed by atoms with Gasteiger partial charge in [-0.2, -0.15) is 9.97 Å². The highest BCUT2D eigenvalue weighted by molar-refractivity contribution is 8.56. The standard InChI is InChI=1S/C24H31N6O8PS/c1-13(14-7-5-4-6-8-14)37-21(32)15-9-10-40-39(34,29-15)36-11-16-18(31)24(2,33)22(38-16)30-12-26-17-19(30)27-23(25)28-20(17)35-3/h4-8,12-13,15-16,18,22,31,33H,9-11H2,1-3H3,(H,29,34)(H2,25,27,28)/t13-,15-,16+,18+,22+,24+,39?/m0/s1. The van der Waals surface area contributed by atoms with Crippen molar-refractivity contribution in [1.82, 2.24) is 24.6 Å². The third kappa shape index (κ3) is 5.55. The van der Waals surface area contributed by atoms with Crippen molar-refractivity contribution >= 4 is 41.2 Å². The SMILES string of the molecule is COc1nc(N)nc2c1ncn2[C@@H]1O[C@H](COP2(=O)N[C@H](C(=O)O[C@@H](C)c3ccccc3)CCS2)[C@@H](O)[C@@]1(C)O. The van der Waals surface area contributed by atoms with Crippen LogP contribution in [0.1, 0.15) is 38.2 Å². The van der Waals surface area contributed by atoms with Gasteiger partial charge in [-0.05, 0) is 25.8 Å². The number of aliphatic hydroxyl groups excluding tert-OH is 1. The Hall–Kier alpha value is -2.78. The third-order valence-corrected chi connectivity index (χ3v) is 10.9. The normalized spacial score (nSPS) is 31.2. The Balaban J connectivity index is 1.25. The molecular formula is C24H31N6O8PS. The molecule has 0 radical (unpaired) electrons. The lowest BCUT2D eigenvalue weighted by atomic mass is 9.96. The number of fused-ring (bicyclic) bond motifs is 1. The minimum atomic E-state index is -3.58. The van der Waals surface area contributed by atoms with E-state index in [4.69, 9.17) is 24.5 Å². The number of aromatic nitrogens is 4. The second kappa shape index (κ2) is 11.2. The molecule has 16 heteroatoms. The van der Waals surface area contributed by atoms with Crippen LogP contribution in [-0.2, 0) is 23.4 Å². The van der Waals surface area contributed by atoms with E-state index in [1.807, 2.05) is 30.3 Å². The van der Waals surface area contributed by atoms with E-state index in [9.17, 15) is 19.6 Å². The molecule has 2 aromatic heterocycles. The van der Waals surface area contributed by atoms with Crippen molar-refractivity contribution in [2.45, 2.75) is 56.5 Å². The Labute approximate surface area is 233 Å². The number of rotatable bonds is 8. The zero-order valence-corrected chi connectivity index (χ0v) is 23.7. The number of nitrogens with one attached hydrogen (secondary N) is 1. The molecule has 5 rings (SSSR count). The summed E-state index contributed by atoms with van der Waals surface area (Å²) in [6.45, 7) is -0.748. The van der Waals surface area contributed by atoms with Gasteiger partial charge in [-0.15, -0.1) is 0 Å². The van der Waals surface area contributed by atoms with Gasteiger partial charge in [0.1, 0.15) is 30.0 Å². The summed E-state index contributed by atoms with van der Waals surface area (Å²) in [6.07, 6.45) is -2.35. The molecule has 2 aliphatic rings. The largest absolute Gasteiger partial charge is 0.479 e. The van der Waals surface area contributed by atoms with Crippen LogP contribution >= 0.6 is 18.1 Å². The molecule has 4 heterocycles. The van der Waals surface area contributed by atoms with E-state index in [2.05, 4.69) is 20.0 Å². The van der Waals surface area contributed by atoms with Crippen molar-refractivity contribution in [3.63, 3.8) is 0 Å². The summed E-state index contributed by atoms with van der Waals surface area (Å²) in [7, 11) is 1.41. The molecule has 0 aliphatic carbocycles. The number of benzene rings is 1. The van der Waals surface area contributed by atoms with Crippen molar-refractivity contribution in [1.29, 1.82) is 0 Å². The van der Waals surface area contributed by atoms with Crippen molar-refractivity contribution in [2.75, 3.05) is 25.2 Å². The fraction of sp³-hybridized carbons (Fsp3) is 0.500. The first kappa shape index (κ1) is 28.7. The van der Waals surface area contributed by atoms with Crippen molar-refractivity contribution in [3.8, 4) is 5.88 Å². The summed E-state index contributed by atoms with van der Waals surface area (Å²) in [5, 5.41) is 24.9. The lowest BCUT2D eigenvalue weighted by Crippen LogP contribution is -2.44. The van der Waals surface area contributed by atoms with E-state index >= 15 is 0 Å². The van der Waals surface area contributed by atoms with E-state index in [0.29, 0.717) is 12.2 Å². The molecule has 2 fully saturated rings. The number of hydrogen-bond donors (Lipinski definition) is 4. The minimum absolute atomic E-state index is 0.0751. The zero-order chi connectivity index (χ0) is 28.7. The molecule has 2 saturated heterocycles. The van der Waals surface area contributed by atoms with Crippen LogP contribution in [-0.4, -0.2) is 79.0 Å². The van der Waals surface area contributed by atoms with E-state index in [1.54, 1.807) is 6.92 Å². The van der Waals surface area contributed by atoms with Crippen LogP contribution in [0.25, 0.3) is 11.2 Å². The van der Waals surface area contributed by atoms with Crippen molar-refractivity contribution in [3.05, 3.63) is 42.2 Å². The highest BCUT2D eigenvalue weighted by atomic mass is 32.7. The van der Waals surface area contributed by atoms with Crippen LogP contribution in [0, 0.1) is 0 Å². The van der Waals surface area contributed by atoms with Gasteiger partial charge in [0.05, 0.1) is 20.0 Å². The zero-order valence-electron chi connectivity index (χ0n) is 22.0. The average molecular weight is 595 g/mol. The molecule has 2 aliphatic heterocycles. The van der Waals surface area contributed by atoms with Gasteiger partial charge in [-0.3, -0.25) is 13.9 Å². The highest BCUT2D eigenvalue weighted by Gasteiger charge is 2.54. The van der Waals surface area contributed by atoms with Crippen LogP contribution in [0.5, 0.6) is 5.88 Å². The Morgan fingerprint density at radius 2 is 2.12 bits per heavy atom. The first-order chi connectivity index (χ1) is 19.0. The molecule has 216 valence electrons. The van der Waals surface area contributed by atoms with E-state index in [1.165, 1.54) is 24.9 Å². The summed E-state index contributed by atoms with van der Waals surface area (Å²) < 4.78 is 37.4. The average Bonchev–Trinajstić information content (AvgIpc) is 3.45. The molecule has 0 saturated carbocycles. The predicted octanol–water partition coefficient (Wildman–Crippen LogP) is 1.95. The topological polar surface area (TPSA) is 193 Å². The number of carbonyl (C=O) groups is 1. The number of carbonyl (C=O) groups excluding carboxylic acids is 1. The summed E-state index contributed by atoms with van der Waals surface area (Å²) >= 11 is 1.05. The number of nitrogens with zero attached hydrogens (tertiary/aromatic N) is 4. The van der Waals surface area contributed by atoms with Crippen LogP contribution in [0.4, 0.5) is 5.95 Å². The smallest absolute Gasteiger partial charge is 0.327 e. The monoisotopic (exact) mass is 594 g/mol. The van der Waals surface area contributed by atoms with E-state index in [-0.39, 0.29) is 29.6 Å². The number of ether oxygens (including phenoxy) is 3. The third-order valence-electron chi connectivity index (χ3n) is 6.84. The number of methoxy groups -OCH3 is 1. The quantitative estimate of drug-likeness (QED) is 0.218. The molecule has 1 unspecified atom stereocenters. The highest BCUT2D eigenvalue weighted by Crippen LogP contribution is 2.59. The Bertz CT molecular complexity index is 1430. The van der Waals surface area contributed by atoms with Crippen LogP contribution in [0.2, 0.25) is 0 Å². The van der Waals surface area contributed by atoms with Gasteiger partial charge in [-0.25, -0.2) is 10.1 Å². The van der Waals surface area contributed by atoms with Crippen LogP contribution in [0.15, 0.2) is 36.7 Å². The van der Waals surface area contributed by atoms with Gasteiger partial charge in [0.15, 0.2) is 17.4 Å². The number of nitrogens with two attached hydrogens (primary N) is 1. The maximum absolute atomic E-state index is 13.5. The predicted molar refractivity (Wildman–Crippen MR) is 145 cm³/mol. The number of anilines is 1. The van der Waals surface area contributed by atoms with Gasteiger partial charge < -0.3 is 34.7 Å². The maximum Gasteiger partial charge on any atom is 0.327 e. The van der Waals surface area contributed by atoms with Gasteiger partial charge in [0.2, 0.25) is 11.8 Å². The molecule has 1 aromatic carbocycles. The van der Waals surface area contributed by atoms with Gasteiger partial charge in [-0.1, -0.05) is 41.7 Å². The lowest BCUT2D eigenvalue weighted by Gasteiger charge is -2.30. The van der Waals surface area contributed by atoms with Crippen molar-refractivity contribution < 1.29 is 38.3 Å². The summed E-state index contributed by atoms with van der Waals surface area (Å²) in [4.78, 5) is 25.2. The second-order valence-electron chi connectivity index (χ2n) is 9.70. The Kier molecular flexibility index (Phi) is 8.08. The van der Waals surface area contributed by atoms with E-state index in [0.717, 1.165) is 16.9 Å². The van der Waals surface area contributed by atoms with E-state index < -0.39 is 48.9 Å². The van der Waals surface area contributed by atoms with Crippen molar-refractivity contribution in [2.24, 2.45) is 0 Å². The number of aliphatic hydroxyl groups is 2. The van der Waals surface area contributed by atoms with Gasteiger partial charge >= 0.3 is 12.7 Å². The van der Waals surface area contributed by atoms with Crippen LogP contribution in [0.3, 0.4) is 0 Å². The first-order valence-electron chi connectivity index (χ1n) is 12.5. The number of imidazole rings is 1. The second-order valence-corrected chi connectivity index (χ2v) is 14.1. The molecule has 40 heavy (non-hydrogen) atoms. The Morgan fingerprint density at radius 1 is 1.38 bits per heavy atom. The molecule has 3 aromatic rings. The molecule has 7 atom stereocenters. The first-order valence-corrected chi connectivity index (χ1v) is 15.8. The fourth-order valence-electron chi connectivity index (χ4n) is 4.65. The minimum Gasteiger partial charge on any atom is -0.479 e. The van der Waals surface area contributed by atoms with Gasteiger partial charge in [0, 0.05) is 5.75 Å². The molecule has 0 amide bonds. The summed E-state index contributed by atoms with van der Waals surface area (Å²) in [5.74, 6) is -0.0791. The number of esters is 1. The Morgan fingerprint density at radius 3 is 2.85 bits per heavy atom. The lowest BCUT2D eigenvalue weighted by molar-refractivity contribution is -0.150. The van der Waals surface area contributed by atoms with Crippen LogP contribution < -0.4 is 15.6 Å². The molecular weight excluding hydrogens is 563 g/mol. The summed E-state index contributed by atoms with van der Waals surface area (Å²) in [5.41, 5.74) is 5.34. The number of nitrogen functional groups attached to an aromatic ring is 1. The molecule has 5 N–H and O–H groups in total. The molecule has 14 nitrogen and oxygen atoms in total. The fourth-order valence-corrected chi connectivity index (χ4v) is 8.46. The van der Waals surface area contributed by atoms with Gasteiger partial charge in [0.25, 0.3) is 0 Å².